The first-order chi connectivity index (χ1) is 8.43. The zero-order chi connectivity index (χ0) is 13.6. The molecule has 1 atom stereocenters. The molecule has 0 saturated carbocycles. The standard InChI is InChI=1S/C14H28N2O2/c1-14(2,3)12(7-11-17)15-13(18)6-10-16-8-4-5-9-16/h12,17H,4-11H2,1-3H3,(H,15,18). The van der Waals surface area contributed by atoms with Crippen LogP contribution in [-0.2, 0) is 4.79 Å². The lowest BCUT2D eigenvalue weighted by Gasteiger charge is -2.31. The number of nitrogens with zero attached hydrogens (tertiary/aromatic N) is 1. The van der Waals surface area contributed by atoms with Gasteiger partial charge >= 0.3 is 0 Å². The number of carbonyl (C=O) groups is 1. The van der Waals surface area contributed by atoms with E-state index < -0.39 is 0 Å². The van der Waals surface area contributed by atoms with Crippen LogP contribution in [-0.4, -0.2) is 48.2 Å². The minimum Gasteiger partial charge on any atom is -0.396 e. The maximum absolute atomic E-state index is 11.9. The molecule has 4 nitrogen and oxygen atoms in total. The minimum absolute atomic E-state index is 0.00790. The van der Waals surface area contributed by atoms with Crippen LogP contribution in [0.4, 0.5) is 0 Å². The Morgan fingerprint density at radius 2 is 1.94 bits per heavy atom. The van der Waals surface area contributed by atoms with Crippen molar-refractivity contribution in [3.63, 3.8) is 0 Å². The highest BCUT2D eigenvalue weighted by Crippen LogP contribution is 2.21. The highest BCUT2D eigenvalue weighted by atomic mass is 16.3. The SMILES string of the molecule is CC(C)(C)C(CCO)NC(=O)CCN1CCCC1. The molecule has 2 N–H and O–H groups in total. The summed E-state index contributed by atoms with van der Waals surface area (Å²) in [7, 11) is 0. The Labute approximate surface area is 111 Å². The predicted octanol–water partition coefficient (Wildman–Crippen LogP) is 1.39. The lowest BCUT2D eigenvalue weighted by molar-refractivity contribution is -0.123. The Bertz CT molecular complexity index is 255. The maximum Gasteiger partial charge on any atom is 0.221 e. The molecule has 1 fully saturated rings. The molecule has 0 aromatic rings. The average molecular weight is 256 g/mol. The zero-order valence-corrected chi connectivity index (χ0v) is 12.0. The Balaban J connectivity index is 2.31. The van der Waals surface area contributed by atoms with Crippen LogP contribution in [0.15, 0.2) is 0 Å². The van der Waals surface area contributed by atoms with Crippen molar-refractivity contribution in [3.8, 4) is 0 Å². The summed E-state index contributed by atoms with van der Waals surface area (Å²) in [6.45, 7) is 9.52. The number of aliphatic hydroxyl groups is 1. The largest absolute Gasteiger partial charge is 0.396 e. The first-order valence-corrected chi connectivity index (χ1v) is 7.06. The molecule has 0 bridgehead atoms. The normalized spacial score (nSPS) is 18.9. The molecule has 1 heterocycles. The van der Waals surface area contributed by atoms with Gasteiger partial charge < -0.3 is 15.3 Å². The van der Waals surface area contributed by atoms with Gasteiger partial charge in [0, 0.05) is 25.6 Å². The van der Waals surface area contributed by atoms with Crippen molar-refractivity contribution < 1.29 is 9.90 Å². The van der Waals surface area contributed by atoms with Crippen LogP contribution >= 0.6 is 0 Å². The molecule has 4 heteroatoms. The van der Waals surface area contributed by atoms with Crippen molar-refractivity contribution in [2.24, 2.45) is 5.41 Å². The van der Waals surface area contributed by atoms with Crippen LogP contribution < -0.4 is 5.32 Å². The van der Waals surface area contributed by atoms with Gasteiger partial charge in [0.05, 0.1) is 0 Å². The number of likely N-dealkylation sites (tertiary alicyclic amines) is 1. The second-order valence-electron chi connectivity index (χ2n) is 6.30. The third kappa shape index (κ3) is 5.36. The van der Waals surface area contributed by atoms with E-state index in [4.69, 9.17) is 5.11 Å². The van der Waals surface area contributed by atoms with Gasteiger partial charge in [-0.1, -0.05) is 20.8 Å². The van der Waals surface area contributed by atoms with Crippen molar-refractivity contribution in [2.45, 2.75) is 52.5 Å². The van der Waals surface area contributed by atoms with E-state index in [0.717, 1.165) is 19.6 Å². The fourth-order valence-electron chi connectivity index (χ4n) is 2.38. The molecule has 1 aliphatic rings. The van der Waals surface area contributed by atoms with Gasteiger partial charge in [-0.05, 0) is 37.8 Å². The Morgan fingerprint density at radius 3 is 2.44 bits per heavy atom. The minimum atomic E-state index is -0.00790. The first-order valence-electron chi connectivity index (χ1n) is 7.06. The van der Waals surface area contributed by atoms with E-state index in [2.05, 4.69) is 31.0 Å². The Morgan fingerprint density at radius 1 is 1.33 bits per heavy atom. The molecule has 1 amide bonds. The molecule has 1 aliphatic heterocycles. The highest BCUT2D eigenvalue weighted by Gasteiger charge is 2.25. The van der Waals surface area contributed by atoms with Crippen LogP contribution in [0, 0.1) is 5.41 Å². The van der Waals surface area contributed by atoms with Gasteiger partial charge in [0.1, 0.15) is 0 Å². The Kier molecular flexibility index (Phi) is 6.09. The summed E-state index contributed by atoms with van der Waals surface area (Å²) in [4.78, 5) is 14.3. The molecule has 1 rings (SSSR count). The average Bonchev–Trinajstić information content (AvgIpc) is 2.77. The topological polar surface area (TPSA) is 52.6 Å². The van der Waals surface area contributed by atoms with Gasteiger partial charge in [-0.15, -0.1) is 0 Å². The van der Waals surface area contributed by atoms with E-state index in [1.54, 1.807) is 0 Å². The second kappa shape index (κ2) is 7.10. The van der Waals surface area contributed by atoms with Gasteiger partial charge in [0.15, 0.2) is 0 Å². The van der Waals surface area contributed by atoms with E-state index in [1.807, 2.05) is 0 Å². The molecule has 0 radical (unpaired) electrons. The molecular weight excluding hydrogens is 228 g/mol. The van der Waals surface area contributed by atoms with Crippen LogP contribution in [0.2, 0.25) is 0 Å². The molecule has 0 aromatic heterocycles. The lowest BCUT2D eigenvalue weighted by atomic mass is 9.85. The monoisotopic (exact) mass is 256 g/mol. The Hall–Kier alpha value is -0.610. The second-order valence-corrected chi connectivity index (χ2v) is 6.30. The fraction of sp³-hybridized carbons (Fsp3) is 0.929. The lowest BCUT2D eigenvalue weighted by Crippen LogP contribution is -2.45. The zero-order valence-electron chi connectivity index (χ0n) is 12.0. The number of hydrogen-bond acceptors (Lipinski definition) is 3. The highest BCUT2D eigenvalue weighted by molar-refractivity contribution is 5.76. The summed E-state index contributed by atoms with van der Waals surface area (Å²) in [5, 5.41) is 12.1. The van der Waals surface area contributed by atoms with E-state index in [0.29, 0.717) is 12.8 Å². The molecule has 0 aliphatic carbocycles. The predicted molar refractivity (Wildman–Crippen MR) is 73.4 cm³/mol. The summed E-state index contributed by atoms with van der Waals surface area (Å²) < 4.78 is 0. The van der Waals surface area contributed by atoms with Crippen molar-refractivity contribution in [1.29, 1.82) is 0 Å². The molecule has 18 heavy (non-hydrogen) atoms. The van der Waals surface area contributed by atoms with Gasteiger partial charge in [0.2, 0.25) is 5.91 Å². The molecule has 0 spiro atoms. The third-order valence-corrected chi connectivity index (χ3v) is 3.65. The molecule has 1 saturated heterocycles. The van der Waals surface area contributed by atoms with Crippen LogP contribution in [0.25, 0.3) is 0 Å². The number of carbonyl (C=O) groups excluding carboxylic acids is 1. The number of amides is 1. The van der Waals surface area contributed by atoms with E-state index in [9.17, 15) is 4.79 Å². The van der Waals surface area contributed by atoms with Gasteiger partial charge in [-0.25, -0.2) is 0 Å². The van der Waals surface area contributed by atoms with Crippen LogP contribution in [0.5, 0.6) is 0 Å². The number of rotatable bonds is 6. The summed E-state index contributed by atoms with van der Waals surface area (Å²) in [6.07, 6.45) is 3.71. The van der Waals surface area contributed by atoms with Crippen molar-refractivity contribution in [3.05, 3.63) is 0 Å². The number of aliphatic hydroxyl groups excluding tert-OH is 1. The van der Waals surface area contributed by atoms with Gasteiger partial charge in [-0.3, -0.25) is 4.79 Å². The summed E-state index contributed by atoms with van der Waals surface area (Å²) >= 11 is 0. The summed E-state index contributed by atoms with van der Waals surface area (Å²) in [5.41, 5.74) is -0.00790. The van der Waals surface area contributed by atoms with Crippen LogP contribution in [0.3, 0.4) is 0 Å². The fourth-order valence-corrected chi connectivity index (χ4v) is 2.38. The smallest absolute Gasteiger partial charge is 0.221 e. The van der Waals surface area contributed by atoms with Crippen molar-refractivity contribution in [1.82, 2.24) is 10.2 Å². The maximum atomic E-state index is 11.9. The third-order valence-electron chi connectivity index (χ3n) is 3.65. The summed E-state index contributed by atoms with van der Waals surface area (Å²) in [5.74, 6) is 0.107. The van der Waals surface area contributed by atoms with Crippen molar-refractivity contribution in [2.75, 3.05) is 26.2 Å². The number of nitrogens with one attached hydrogen (secondary N) is 1. The summed E-state index contributed by atoms with van der Waals surface area (Å²) in [6, 6.07) is 0.0496. The van der Waals surface area contributed by atoms with E-state index in [-0.39, 0.29) is 24.0 Å². The quantitative estimate of drug-likeness (QED) is 0.755. The number of hydrogen-bond donors (Lipinski definition) is 2. The van der Waals surface area contributed by atoms with E-state index >= 15 is 0 Å². The van der Waals surface area contributed by atoms with Gasteiger partial charge in [-0.2, -0.15) is 0 Å². The molecular formula is C14H28N2O2. The molecule has 0 aromatic carbocycles. The van der Waals surface area contributed by atoms with E-state index in [1.165, 1.54) is 12.8 Å². The first kappa shape index (κ1) is 15.4. The van der Waals surface area contributed by atoms with Crippen molar-refractivity contribution >= 4 is 5.91 Å². The molecule has 106 valence electrons. The van der Waals surface area contributed by atoms with Crippen LogP contribution in [0.1, 0.15) is 46.5 Å². The molecule has 1 unspecified atom stereocenters. The van der Waals surface area contributed by atoms with Gasteiger partial charge in [0.25, 0.3) is 0 Å².